The topological polar surface area (TPSA) is 32.3 Å². The Bertz CT molecular complexity index is 577. The summed E-state index contributed by atoms with van der Waals surface area (Å²) in [6, 6.07) is 16.6. The number of amides is 2. The van der Waals surface area contributed by atoms with Crippen LogP contribution < -0.4 is 9.62 Å². The zero-order chi connectivity index (χ0) is 14.4. The highest BCUT2D eigenvalue weighted by atomic mass is 35.5. The van der Waals surface area contributed by atoms with Gasteiger partial charge in [-0.1, -0.05) is 54.7 Å². The molecule has 2 aromatic rings. The Hall–Kier alpha value is -1.65. The van der Waals surface area contributed by atoms with Crippen molar-refractivity contribution in [3.05, 3.63) is 65.2 Å². The van der Waals surface area contributed by atoms with Gasteiger partial charge >= 0.3 is 6.03 Å². The van der Waals surface area contributed by atoms with Crippen LogP contribution in [0.15, 0.2) is 54.6 Å². The van der Waals surface area contributed by atoms with Crippen LogP contribution in [0.5, 0.6) is 0 Å². The molecule has 0 saturated carbocycles. The van der Waals surface area contributed by atoms with Crippen LogP contribution in [-0.4, -0.2) is 12.6 Å². The van der Waals surface area contributed by atoms with E-state index < -0.39 is 0 Å². The molecular weight excluding hydrogens is 292 g/mol. The molecule has 2 amide bonds. The Labute approximate surface area is 129 Å². The van der Waals surface area contributed by atoms with Crippen molar-refractivity contribution in [2.24, 2.45) is 0 Å². The van der Waals surface area contributed by atoms with Crippen molar-refractivity contribution in [1.29, 1.82) is 0 Å². The fraction of sp³-hybridized carbons (Fsp3) is 0.133. The predicted octanol–water partition coefficient (Wildman–Crippen LogP) is 3.94. The molecule has 0 aliphatic heterocycles. The van der Waals surface area contributed by atoms with Gasteiger partial charge in [-0.3, -0.25) is 0 Å². The maximum absolute atomic E-state index is 11.9. The first-order valence-electron chi connectivity index (χ1n) is 6.23. The number of urea groups is 1. The second-order valence-electron chi connectivity index (χ2n) is 4.26. The fourth-order valence-corrected chi connectivity index (χ4v) is 2.18. The maximum Gasteiger partial charge on any atom is 0.331 e. The molecule has 1 N–H and O–H groups in total. The van der Waals surface area contributed by atoms with E-state index in [4.69, 9.17) is 11.6 Å². The van der Waals surface area contributed by atoms with Crippen molar-refractivity contribution in [2.45, 2.75) is 6.42 Å². The molecule has 0 atom stereocenters. The summed E-state index contributed by atoms with van der Waals surface area (Å²) >= 11 is 10.1. The third-order valence-electron chi connectivity index (χ3n) is 2.77. The monoisotopic (exact) mass is 306 g/mol. The van der Waals surface area contributed by atoms with Crippen LogP contribution in [0.3, 0.4) is 0 Å². The molecule has 5 heteroatoms. The first-order valence-corrected chi connectivity index (χ1v) is 7.01. The molecule has 0 spiro atoms. The van der Waals surface area contributed by atoms with Crippen molar-refractivity contribution >= 4 is 36.1 Å². The van der Waals surface area contributed by atoms with Gasteiger partial charge in [-0.05, 0) is 36.2 Å². The summed E-state index contributed by atoms with van der Waals surface area (Å²) in [7, 11) is 0. The minimum atomic E-state index is -0.249. The second-order valence-corrected chi connectivity index (χ2v) is 5.10. The van der Waals surface area contributed by atoms with E-state index in [0.717, 1.165) is 17.7 Å². The average Bonchev–Trinajstić information content (AvgIpc) is 2.47. The van der Waals surface area contributed by atoms with Gasteiger partial charge in [0.05, 0.1) is 5.69 Å². The Kier molecular flexibility index (Phi) is 5.32. The van der Waals surface area contributed by atoms with Crippen LogP contribution in [0.1, 0.15) is 5.56 Å². The van der Waals surface area contributed by atoms with Crippen molar-refractivity contribution in [3.63, 3.8) is 0 Å². The second kappa shape index (κ2) is 7.22. The van der Waals surface area contributed by atoms with Gasteiger partial charge in [0.15, 0.2) is 0 Å². The molecule has 0 aliphatic carbocycles. The standard InChI is InChI=1S/C15H15ClN2OS/c16-13-6-4-5-12(11-13)9-10-17-15(19)18(20)14-7-2-1-3-8-14/h1-8,11,20H,9-10H2,(H,17,19). The molecule has 0 bridgehead atoms. The number of carbonyl (C=O) groups is 1. The molecule has 2 rings (SSSR count). The summed E-state index contributed by atoms with van der Waals surface area (Å²) in [6.07, 6.45) is 0.725. The molecule has 20 heavy (non-hydrogen) atoms. The molecule has 0 aromatic heterocycles. The lowest BCUT2D eigenvalue weighted by atomic mass is 10.1. The van der Waals surface area contributed by atoms with Gasteiger partial charge in [0.1, 0.15) is 0 Å². The highest BCUT2D eigenvalue weighted by molar-refractivity contribution is 7.82. The number of para-hydroxylation sites is 1. The number of nitrogens with one attached hydrogen (secondary N) is 1. The molecule has 0 aliphatic rings. The van der Waals surface area contributed by atoms with Crippen LogP contribution in [0.2, 0.25) is 5.02 Å². The third-order valence-corrected chi connectivity index (χ3v) is 3.42. The zero-order valence-corrected chi connectivity index (χ0v) is 12.4. The van der Waals surface area contributed by atoms with Crippen LogP contribution >= 0.6 is 24.4 Å². The Balaban J connectivity index is 1.83. The molecule has 0 heterocycles. The van der Waals surface area contributed by atoms with Gasteiger partial charge in [0, 0.05) is 11.6 Å². The maximum atomic E-state index is 11.9. The minimum Gasteiger partial charge on any atom is -0.337 e. The lowest BCUT2D eigenvalue weighted by molar-refractivity contribution is 0.250. The Morgan fingerprint density at radius 2 is 1.90 bits per heavy atom. The number of carbonyl (C=O) groups excluding carboxylic acids is 1. The molecule has 0 fully saturated rings. The van der Waals surface area contributed by atoms with Gasteiger partial charge in [0.25, 0.3) is 0 Å². The summed E-state index contributed by atoms with van der Waals surface area (Å²) in [5.74, 6) is 0. The quantitative estimate of drug-likeness (QED) is 0.824. The Morgan fingerprint density at radius 3 is 2.60 bits per heavy atom. The lowest BCUT2D eigenvalue weighted by Gasteiger charge is -2.16. The number of rotatable bonds is 4. The fourth-order valence-electron chi connectivity index (χ4n) is 1.77. The van der Waals surface area contributed by atoms with Crippen molar-refractivity contribution in [3.8, 4) is 0 Å². The summed E-state index contributed by atoms with van der Waals surface area (Å²) in [4.78, 5) is 11.9. The number of thiol groups is 1. The molecule has 3 nitrogen and oxygen atoms in total. The van der Waals surface area contributed by atoms with E-state index in [1.807, 2.05) is 54.6 Å². The normalized spacial score (nSPS) is 10.1. The van der Waals surface area contributed by atoms with E-state index >= 15 is 0 Å². The van der Waals surface area contributed by atoms with E-state index in [0.29, 0.717) is 11.6 Å². The lowest BCUT2D eigenvalue weighted by Crippen LogP contribution is -2.35. The van der Waals surface area contributed by atoms with Gasteiger partial charge in [-0.2, -0.15) is 0 Å². The average molecular weight is 307 g/mol. The van der Waals surface area contributed by atoms with E-state index in [9.17, 15) is 4.79 Å². The van der Waals surface area contributed by atoms with E-state index in [1.54, 1.807) is 0 Å². The molecular formula is C15H15ClN2OS. The number of halogens is 1. The Morgan fingerprint density at radius 1 is 1.15 bits per heavy atom. The van der Waals surface area contributed by atoms with Gasteiger partial charge in [-0.25, -0.2) is 9.10 Å². The van der Waals surface area contributed by atoms with Crippen LogP contribution in [0, 0.1) is 0 Å². The highest BCUT2D eigenvalue weighted by Crippen LogP contribution is 2.15. The van der Waals surface area contributed by atoms with E-state index in [-0.39, 0.29) is 6.03 Å². The molecule has 0 radical (unpaired) electrons. The summed E-state index contributed by atoms with van der Waals surface area (Å²) in [5.41, 5.74) is 1.82. The number of anilines is 1. The van der Waals surface area contributed by atoms with Crippen molar-refractivity contribution in [2.75, 3.05) is 10.8 Å². The predicted molar refractivity (Wildman–Crippen MR) is 86.5 cm³/mol. The number of nitrogens with zero attached hydrogens (tertiary/aromatic N) is 1. The zero-order valence-electron chi connectivity index (χ0n) is 10.8. The molecule has 0 unspecified atom stereocenters. The minimum absolute atomic E-state index is 0.249. The first kappa shape index (κ1) is 14.8. The van der Waals surface area contributed by atoms with Crippen molar-refractivity contribution in [1.82, 2.24) is 5.32 Å². The van der Waals surface area contributed by atoms with Gasteiger partial charge < -0.3 is 5.32 Å². The number of benzene rings is 2. The van der Waals surface area contributed by atoms with E-state index in [1.165, 1.54) is 4.31 Å². The summed E-state index contributed by atoms with van der Waals surface area (Å²) < 4.78 is 1.29. The summed E-state index contributed by atoms with van der Waals surface area (Å²) in [6.45, 7) is 0.531. The largest absolute Gasteiger partial charge is 0.337 e. The third kappa shape index (κ3) is 4.18. The van der Waals surface area contributed by atoms with Crippen LogP contribution in [0.25, 0.3) is 0 Å². The molecule has 104 valence electrons. The smallest absolute Gasteiger partial charge is 0.331 e. The van der Waals surface area contributed by atoms with Gasteiger partial charge in [0.2, 0.25) is 0 Å². The first-order chi connectivity index (χ1) is 9.66. The van der Waals surface area contributed by atoms with E-state index in [2.05, 4.69) is 18.1 Å². The van der Waals surface area contributed by atoms with Crippen LogP contribution in [0.4, 0.5) is 10.5 Å². The van der Waals surface area contributed by atoms with Crippen LogP contribution in [-0.2, 0) is 6.42 Å². The van der Waals surface area contributed by atoms with Crippen molar-refractivity contribution < 1.29 is 4.79 Å². The van der Waals surface area contributed by atoms with Gasteiger partial charge in [-0.15, -0.1) is 0 Å². The number of hydrogen-bond acceptors (Lipinski definition) is 2. The SMILES string of the molecule is O=C(NCCc1cccc(Cl)c1)N(S)c1ccccc1. The molecule has 0 saturated heterocycles. The highest BCUT2D eigenvalue weighted by Gasteiger charge is 2.10. The number of hydrogen-bond donors (Lipinski definition) is 2. The molecule has 2 aromatic carbocycles. The summed E-state index contributed by atoms with van der Waals surface area (Å²) in [5, 5.41) is 3.52.